The van der Waals surface area contributed by atoms with Crippen molar-refractivity contribution >= 4 is 40.5 Å². The van der Waals surface area contributed by atoms with Crippen LogP contribution in [0, 0.1) is 0 Å². The Morgan fingerprint density at radius 2 is 2.25 bits per heavy atom. The van der Waals surface area contributed by atoms with E-state index in [0.717, 1.165) is 0 Å². The van der Waals surface area contributed by atoms with E-state index in [0.29, 0.717) is 10.3 Å². The number of halogens is 1. The minimum Gasteiger partial charge on any atom is -0.377 e. The van der Waals surface area contributed by atoms with Gasteiger partial charge in [0.25, 0.3) is 0 Å². The molecule has 8 heavy (non-hydrogen) atoms. The minimum atomic E-state index is -0.493. The number of amidine groups is 1. The second-order valence-electron chi connectivity index (χ2n) is 1.10. The summed E-state index contributed by atoms with van der Waals surface area (Å²) >= 11 is 0. The van der Waals surface area contributed by atoms with Crippen molar-refractivity contribution in [2.75, 3.05) is 0 Å². The molecule has 1 aliphatic rings. The molecule has 0 aromatic heterocycles. The summed E-state index contributed by atoms with van der Waals surface area (Å²) in [6.07, 6.45) is 0. The van der Waals surface area contributed by atoms with Crippen LogP contribution in [0.2, 0.25) is 0 Å². The van der Waals surface area contributed by atoms with Gasteiger partial charge in [0.05, 0.1) is 0 Å². The third-order valence-corrected chi connectivity index (χ3v) is 3.88. The van der Waals surface area contributed by atoms with Gasteiger partial charge in [0, 0.05) is 8.73 Å². The molecule has 0 aromatic rings. The van der Waals surface area contributed by atoms with Crippen LogP contribution in [-0.2, 0) is 0 Å². The van der Waals surface area contributed by atoms with Gasteiger partial charge in [-0.2, -0.15) is 0 Å². The fourth-order valence-corrected chi connectivity index (χ4v) is 2.49. The maximum absolute atomic E-state index is 5.59. The van der Waals surface area contributed by atoms with Gasteiger partial charge in [-0.3, -0.25) is 5.73 Å². The Hall–Kier alpha value is 0.290. The molecule has 46 valence electrons. The van der Waals surface area contributed by atoms with E-state index in [9.17, 15) is 0 Å². The van der Waals surface area contributed by atoms with Gasteiger partial charge in [0.15, 0.2) is 10.3 Å². The Labute approximate surface area is 57.3 Å². The lowest BCUT2D eigenvalue weighted by atomic mass is 11.1. The normalized spacial score (nSPS) is 28.5. The number of nitrogens with two attached hydrogens (primary N) is 2. The van der Waals surface area contributed by atoms with Crippen LogP contribution in [-0.4, -0.2) is 10.3 Å². The first kappa shape index (κ1) is 6.41. The molecule has 0 fully saturated rings. The molecular formula is C2H4ClN3S2. The molecule has 0 radical (unpaired) electrons. The maximum atomic E-state index is 5.59. The number of nitrogens with zero attached hydrogens (tertiary/aromatic N) is 1. The number of aliphatic imine (C=N–C) groups is 1. The molecular weight excluding hydrogens is 166 g/mol. The van der Waals surface area contributed by atoms with Crippen LogP contribution in [0.15, 0.2) is 4.99 Å². The molecule has 0 amide bonds. The number of rotatable bonds is 0. The zero-order valence-electron chi connectivity index (χ0n) is 3.80. The van der Waals surface area contributed by atoms with Gasteiger partial charge >= 0.3 is 0 Å². The second-order valence-corrected chi connectivity index (χ2v) is 5.52. The number of hydrogen-bond donors (Lipinski definition) is 2. The molecule has 0 saturated heterocycles. The molecule has 0 saturated carbocycles. The van der Waals surface area contributed by atoms with Gasteiger partial charge in [-0.15, -0.1) is 0 Å². The average Bonchev–Trinajstić information content (AvgIpc) is 1.85. The van der Waals surface area contributed by atoms with Crippen LogP contribution in [0.25, 0.3) is 0 Å². The Morgan fingerprint density at radius 1 is 1.62 bits per heavy atom. The first-order chi connectivity index (χ1) is 3.70. The van der Waals surface area contributed by atoms with Gasteiger partial charge in [-0.1, -0.05) is 0 Å². The van der Waals surface area contributed by atoms with E-state index in [1.165, 1.54) is 10.8 Å². The van der Waals surface area contributed by atoms with Crippen molar-refractivity contribution in [1.29, 1.82) is 0 Å². The van der Waals surface area contributed by atoms with Crippen LogP contribution < -0.4 is 11.5 Å². The number of hydrogen-bond acceptors (Lipinski definition) is 4. The summed E-state index contributed by atoms with van der Waals surface area (Å²) in [4.78, 5) is 3.70. The molecule has 0 aliphatic carbocycles. The minimum absolute atomic E-state index is 0.425. The molecule has 1 aliphatic heterocycles. The van der Waals surface area contributed by atoms with Crippen LogP contribution in [0.5, 0.6) is 0 Å². The summed E-state index contributed by atoms with van der Waals surface area (Å²) in [5, 5.41) is 0.884. The average molecular weight is 170 g/mol. The molecule has 3 nitrogen and oxygen atoms in total. The SMILES string of the molecule is NC1=NC(N)=S(Cl)S1. The predicted octanol–water partition coefficient (Wildman–Crippen LogP) is 0.432. The van der Waals surface area contributed by atoms with E-state index in [1.54, 1.807) is 0 Å². The summed E-state index contributed by atoms with van der Waals surface area (Å²) in [5.74, 6) is 0. The second kappa shape index (κ2) is 2.26. The fourth-order valence-electron chi connectivity index (χ4n) is 0.281. The highest BCUT2D eigenvalue weighted by Gasteiger charge is 2.09. The van der Waals surface area contributed by atoms with E-state index in [1.807, 2.05) is 0 Å². The van der Waals surface area contributed by atoms with Crippen LogP contribution >= 0.6 is 30.2 Å². The lowest BCUT2D eigenvalue weighted by molar-refractivity contribution is 1.60. The molecule has 1 atom stereocenters. The van der Waals surface area contributed by atoms with Gasteiger partial charge in [0.2, 0.25) is 0 Å². The first-order valence-electron chi connectivity index (χ1n) is 1.75. The Bertz CT molecular complexity index is 174. The Balaban J connectivity index is 2.79. The first-order valence-corrected chi connectivity index (χ1v) is 5.14. The molecule has 4 N–H and O–H groups in total. The fraction of sp³-hybridized carbons (Fsp3) is 0. The van der Waals surface area contributed by atoms with Crippen molar-refractivity contribution in [3.8, 4) is 0 Å². The van der Waals surface area contributed by atoms with E-state index < -0.39 is 8.73 Å². The zero-order valence-corrected chi connectivity index (χ0v) is 6.19. The Kier molecular flexibility index (Phi) is 1.81. The maximum Gasteiger partial charge on any atom is 0.172 e. The van der Waals surface area contributed by atoms with Crippen molar-refractivity contribution in [3.63, 3.8) is 0 Å². The van der Waals surface area contributed by atoms with Crippen molar-refractivity contribution in [1.82, 2.24) is 0 Å². The Morgan fingerprint density at radius 3 is 2.38 bits per heavy atom. The lowest BCUT2D eigenvalue weighted by Crippen LogP contribution is -2.08. The zero-order chi connectivity index (χ0) is 6.15. The highest BCUT2D eigenvalue weighted by molar-refractivity contribution is 8.97. The van der Waals surface area contributed by atoms with E-state index in [-0.39, 0.29) is 0 Å². The smallest absolute Gasteiger partial charge is 0.172 e. The molecule has 0 spiro atoms. The summed E-state index contributed by atoms with van der Waals surface area (Å²) in [6.45, 7) is 0. The highest BCUT2D eigenvalue weighted by atomic mass is 35.7. The quantitative estimate of drug-likeness (QED) is 0.409. The third-order valence-electron chi connectivity index (χ3n) is 0.543. The monoisotopic (exact) mass is 169 g/mol. The van der Waals surface area contributed by atoms with Crippen LogP contribution in [0.1, 0.15) is 0 Å². The van der Waals surface area contributed by atoms with Gasteiger partial charge in [0.1, 0.15) is 0 Å². The summed E-state index contributed by atoms with van der Waals surface area (Å²) < 4.78 is 0. The van der Waals surface area contributed by atoms with E-state index in [2.05, 4.69) is 4.99 Å². The lowest BCUT2D eigenvalue weighted by Gasteiger charge is -1.84. The molecule has 6 heteroatoms. The molecule has 1 rings (SSSR count). The van der Waals surface area contributed by atoms with Crippen LogP contribution in [0.3, 0.4) is 0 Å². The molecule has 0 aromatic carbocycles. The highest BCUT2D eigenvalue weighted by Crippen LogP contribution is 2.39. The summed E-state index contributed by atoms with van der Waals surface area (Å²) in [7, 11) is 6.39. The van der Waals surface area contributed by atoms with Gasteiger partial charge < -0.3 is 5.73 Å². The largest absolute Gasteiger partial charge is 0.377 e. The van der Waals surface area contributed by atoms with Crippen molar-refractivity contribution < 1.29 is 0 Å². The van der Waals surface area contributed by atoms with E-state index >= 15 is 0 Å². The molecule has 1 heterocycles. The third kappa shape index (κ3) is 1.17. The molecule has 1 unspecified atom stereocenters. The van der Waals surface area contributed by atoms with Crippen molar-refractivity contribution in [2.24, 2.45) is 16.5 Å². The van der Waals surface area contributed by atoms with Crippen molar-refractivity contribution in [3.05, 3.63) is 0 Å². The summed E-state index contributed by atoms with van der Waals surface area (Å²) in [6, 6.07) is 0. The summed E-state index contributed by atoms with van der Waals surface area (Å²) in [5.41, 5.74) is 10.5. The van der Waals surface area contributed by atoms with Gasteiger partial charge in [-0.05, 0) is 21.5 Å². The van der Waals surface area contributed by atoms with Crippen molar-refractivity contribution in [2.45, 2.75) is 0 Å². The topological polar surface area (TPSA) is 64.4 Å². The molecule has 0 bridgehead atoms. The predicted molar refractivity (Wildman–Crippen MR) is 41.9 cm³/mol. The van der Waals surface area contributed by atoms with Crippen LogP contribution in [0.4, 0.5) is 0 Å². The standard InChI is InChI=1S/C2H4ClN3S2/c3-8-2(5)6-1(4)7-8/h5H2,(H2,4,6). The van der Waals surface area contributed by atoms with Gasteiger partial charge in [-0.25, -0.2) is 4.99 Å². The van der Waals surface area contributed by atoms with E-state index in [4.69, 9.17) is 22.1 Å².